The Bertz CT molecular complexity index is 472. The van der Waals surface area contributed by atoms with Gasteiger partial charge in [0.05, 0.1) is 5.69 Å². The van der Waals surface area contributed by atoms with Gasteiger partial charge in [-0.25, -0.2) is 0 Å². The van der Waals surface area contributed by atoms with Crippen molar-refractivity contribution in [2.45, 2.75) is 26.8 Å². The zero-order valence-corrected chi connectivity index (χ0v) is 10.4. The molecule has 3 heteroatoms. The van der Waals surface area contributed by atoms with Gasteiger partial charge >= 0.3 is 0 Å². The largest absolute Gasteiger partial charge is 0.366 e. The molecule has 0 amide bonds. The molecule has 0 fully saturated rings. The topological polar surface area (TPSA) is 37.8 Å². The highest BCUT2D eigenvalue weighted by Crippen LogP contribution is 2.17. The van der Waals surface area contributed by atoms with Gasteiger partial charge in [-0.3, -0.25) is 0 Å². The quantitative estimate of drug-likeness (QED) is 0.874. The molecule has 1 heterocycles. The van der Waals surface area contributed by atoms with Gasteiger partial charge < -0.3 is 5.32 Å². The minimum Gasteiger partial charge on any atom is -0.366 e. The molecule has 0 spiro atoms. The van der Waals surface area contributed by atoms with Crippen molar-refractivity contribution in [2.24, 2.45) is 0 Å². The molecule has 0 saturated heterocycles. The van der Waals surface area contributed by atoms with Gasteiger partial charge in [0, 0.05) is 11.6 Å². The Morgan fingerprint density at radius 1 is 0.941 bits per heavy atom. The normalized spacial score (nSPS) is 10.6. The lowest BCUT2D eigenvalue weighted by molar-refractivity contribution is 0.874. The predicted molar refractivity (Wildman–Crippen MR) is 71.0 cm³/mol. The lowest BCUT2D eigenvalue weighted by Crippen LogP contribution is -2.11. The number of aromatic nitrogens is 2. The molecule has 1 aromatic heterocycles. The summed E-state index contributed by atoms with van der Waals surface area (Å²) in [7, 11) is 0. The van der Waals surface area contributed by atoms with Gasteiger partial charge in [0.1, 0.15) is 5.82 Å². The third-order valence-electron chi connectivity index (χ3n) is 2.45. The lowest BCUT2D eigenvalue weighted by Gasteiger charge is -2.08. The van der Waals surface area contributed by atoms with Gasteiger partial charge in [-0.1, -0.05) is 29.8 Å². The van der Waals surface area contributed by atoms with Crippen LogP contribution < -0.4 is 5.32 Å². The van der Waals surface area contributed by atoms with Crippen LogP contribution in [0.3, 0.4) is 0 Å². The SMILES string of the molecule is Cc1ccc(-c2ccc(NC(C)C)nn2)cc1. The molecule has 0 atom stereocenters. The van der Waals surface area contributed by atoms with Gasteiger partial charge in [0.15, 0.2) is 0 Å². The second-order valence-electron chi connectivity index (χ2n) is 4.47. The van der Waals surface area contributed by atoms with Crippen LogP contribution in [0.4, 0.5) is 5.82 Å². The first kappa shape index (κ1) is 11.6. The number of aryl methyl sites for hydroxylation is 1. The van der Waals surface area contributed by atoms with Crippen molar-refractivity contribution in [1.29, 1.82) is 0 Å². The van der Waals surface area contributed by atoms with E-state index in [9.17, 15) is 0 Å². The van der Waals surface area contributed by atoms with Crippen LogP contribution in [0.1, 0.15) is 19.4 Å². The Balaban J connectivity index is 2.20. The Hall–Kier alpha value is -1.90. The van der Waals surface area contributed by atoms with Crippen molar-refractivity contribution in [3.05, 3.63) is 42.0 Å². The van der Waals surface area contributed by atoms with Crippen LogP contribution in [0.5, 0.6) is 0 Å². The van der Waals surface area contributed by atoms with E-state index >= 15 is 0 Å². The fraction of sp³-hybridized carbons (Fsp3) is 0.286. The Morgan fingerprint density at radius 3 is 2.18 bits per heavy atom. The third-order valence-corrected chi connectivity index (χ3v) is 2.45. The van der Waals surface area contributed by atoms with E-state index in [1.807, 2.05) is 12.1 Å². The third kappa shape index (κ3) is 3.03. The van der Waals surface area contributed by atoms with Crippen molar-refractivity contribution in [3.8, 4) is 11.3 Å². The summed E-state index contributed by atoms with van der Waals surface area (Å²) in [6, 6.07) is 12.6. The number of rotatable bonds is 3. The summed E-state index contributed by atoms with van der Waals surface area (Å²) in [5, 5.41) is 11.6. The molecule has 0 aliphatic heterocycles. The van der Waals surface area contributed by atoms with Crippen LogP contribution in [-0.4, -0.2) is 16.2 Å². The van der Waals surface area contributed by atoms with Crippen LogP contribution >= 0.6 is 0 Å². The van der Waals surface area contributed by atoms with E-state index in [0.717, 1.165) is 17.1 Å². The highest BCUT2D eigenvalue weighted by molar-refractivity contribution is 5.59. The van der Waals surface area contributed by atoms with Crippen LogP contribution in [0.25, 0.3) is 11.3 Å². The van der Waals surface area contributed by atoms with Gasteiger partial charge in [0.2, 0.25) is 0 Å². The Labute approximate surface area is 102 Å². The van der Waals surface area contributed by atoms with Crippen molar-refractivity contribution in [3.63, 3.8) is 0 Å². The molecule has 0 saturated carbocycles. The van der Waals surface area contributed by atoms with E-state index in [1.54, 1.807) is 0 Å². The molecule has 0 aliphatic carbocycles. The first-order valence-corrected chi connectivity index (χ1v) is 5.82. The summed E-state index contributed by atoms with van der Waals surface area (Å²) in [6.45, 7) is 6.23. The molecule has 2 rings (SSSR count). The average molecular weight is 227 g/mol. The van der Waals surface area contributed by atoms with Crippen LogP contribution in [-0.2, 0) is 0 Å². The second-order valence-corrected chi connectivity index (χ2v) is 4.47. The molecule has 0 aliphatic rings. The van der Waals surface area contributed by atoms with E-state index in [4.69, 9.17) is 0 Å². The molecule has 17 heavy (non-hydrogen) atoms. The lowest BCUT2D eigenvalue weighted by atomic mass is 10.1. The smallest absolute Gasteiger partial charge is 0.148 e. The van der Waals surface area contributed by atoms with Crippen molar-refractivity contribution < 1.29 is 0 Å². The number of benzene rings is 1. The average Bonchev–Trinajstić information content (AvgIpc) is 2.30. The molecule has 3 nitrogen and oxygen atoms in total. The number of nitrogens with zero attached hydrogens (tertiary/aromatic N) is 2. The van der Waals surface area contributed by atoms with Crippen LogP contribution in [0.2, 0.25) is 0 Å². The van der Waals surface area contributed by atoms with E-state index in [-0.39, 0.29) is 0 Å². The van der Waals surface area contributed by atoms with E-state index in [1.165, 1.54) is 5.56 Å². The zero-order chi connectivity index (χ0) is 12.3. The maximum atomic E-state index is 4.22. The molecular weight excluding hydrogens is 210 g/mol. The summed E-state index contributed by atoms with van der Waals surface area (Å²) >= 11 is 0. The van der Waals surface area contributed by atoms with Crippen molar-refractivity contribution >= 4 is 5.82 Å². The van der Waals surface area contributed by atoms with Gasteiger partial charge in [-0.15, -0.1) is 10.2 Å². The molecule has 0 unspecified atom stereocenters. The first-order valence-electron chi connectivity index (χ1n) is 5.82. The predicted octanol–water partition coefficient (Wildman–Crippen LogP) is 3.27. The van der Waals surface area contributed by atoms with Crippen LogP contribution in [0.15, 0.2) is 36.4 Å². The first-order chi connectivity index (χ1) is 8.15. The fourth-order valence-corrected chi connectivity index (χ4v) is 1.58. The molecule has 1 aromatic carbocycles. The molecular formula is C14H17N3. The van der Waals surface area contributed by atoms with Gasteiger partial charge in [-0.2, -0.15) is 0 Å². The summed E-state index contributed by atoms with van der Waals surface area (Å²) in [5.74, 6) is 0.816. The molecule has 1 N–H and O–H groups in total. The van der Waals surface area contributed by atoms with E-state index in [2.05, 4.69) is 60.6 Å². The number of hydrogen-bond donors (Lipinski definition) is 1. The van der Waals surface area contributed by atoms with E-state index < -0.39 is 0 Å². The molecule has 2 aromatic rings. The highest BCUT2D eigenvalue weighted by Gasteiger charge is 2.01. The summed E-state index contributed by atoms with van der Waals surface area (Å²) in [6.07, 6.45) is 0. The standard InChI is InChI=1S/C14H17N3/c1-10(2)15-14-9-8-13(16-17-14)12-6-4-11(3)5-7-12/h4-10H,1-3H3,(H,15,17). The highest BCUT2D eigenvalue weighted by atomic mass is 15.2. The summed E-state index contributed by atoms with van der Waals surface area (Å²) < 4.78 is 0. The maximum absolute atomic E-state index is 4.22. The minimum absolute atomic E-state index is 0.370. The molecule has 0 radical (unpaired) electrons. The number of nitrogens with one attached hydrogen (secondary N) is 1. The molecule has 88 valence electrons. The van der Waals surface area contributed by atoms with Crippen molar-refractivity contribution in [2.75, 3.05) is 5.32 Å². The second kappa shape index (κ2) is 4.95. The Kier molecular flexibility index (Phi) is 3.38. The number of anilines is 1. The fourth-order valence-electron chi connectivity index (χ4n) is 1.58. The van der Waals surface area contributed by atoms with Gasteiger partial charge in [-0.05, 0) is 32.9 Å². The minimum atomic E-state index is 0.370. The van der Waals surface area contributed by atoms with Crippen molar-refractivity contribution in [1.82, 2.24) is 10.2 Å². The van der Waals surface area contributed by atoms with Gasteiger partial charge in [0.25, 0.3) is 0 Å². The monoisotopic (exact) mass is 227 g/mol. The van der Waals surface area contributed by atoms with Crippen LogP contribution in [0, 0.1) is 6.92 Å². The maximum Gasteiger partial charge on any atom is 0.148 e. The van der Waals surface area contributed by atoms with E-state index in [0.29, 0.717) is 6.04 Å². The number of hydrogen-bond acceptors (Lipinski definition) is 3. The summed E-state index contributed by atoms with van der Waals surface area (Å²) in [4.78, 5) is 0. The Morgan fingerprint density at radius 2 is 1.65 bits per heavy atom. The summed E-state index contributed by atoms with van der Waals surface area (Å²) in [5.41, 5.74) is 3.25. The molecule has 0 bridgehead atoms. The zero-order valence-electron chi connectivity index (χ0n) is 10.4.